The van der Waals surface area contributed by atoms with Crippen LogP contribution in [-0.2, 0) is 29.0 Å². The molecule has 0 saturated heterocycles. The molecule has 1 atom stereocenters. The van der Waals surface area contributed by atoms with Crippen molar-refractivity contribution in [1.29, 1.82) is 0 Å². The van der Waals surface area contributed by atoms with Crippen LogP contribution in [0.1, 0.15) is 22.3 Å². The highest BCUT2D eigenvalue weighted by atomic mass is 35.5. The van der Waals surface area contributed by atoms with Crippen LogP contribution in [0.3, 0.4) is 0 Å². The van der Waals surface area contributed by atoms with Crippen LogP contribution < -0.4 is 5.32 Å². The first-order valence-corrected chi connectivity index (χ1v) is 10.7. The number of nitrogens with zero attached hydrogens (tertiary/aromatic N) is 1. The summed E-state index contributed by atoms with van der Waals surface area (Å²) in [7, 11) is 1.60. The maximum Gasteiger partial charge on any atom is 0.242 e. The Kier molecular flexibility index (Phi) is 7.85. The number of rotatable bonds is 8. The normalized spacial score (nSPS) is 11.6. The minimum Gasteiger partial charge on any atom is -0.357 e. The van der Waals surface area contributed by atoms with E-state index in [9.17, 15) is 9.59 Å². The third-order valence-electron chi connectivity index (χ3n) is 5.25. The molecule has 0 aromatic heterocycles. The Balaban J connectivity index is 1.95. The van der Waals surface area contributed by atoms with E-state index in [4.69, 9.17) is 11.6 Å². The van der Waals surface area contributed by atoms with Crippen LogP contribution in [0.15, 0.2) is 78.9 Å². The van der Waals surface area contributed by atoms with Crippen molar-refractivity contribution in [3.05, 3.63) is 106 Å². The first-order chi connectivity index (χ1) is 15.0. The topological polar surface area (TPSA) is 49.4 Å². The van der Waals surface area contributed by atoms with Gasteiger partial charge in [-0.15, -0.1) is 0 Å². The lowest BCUT2D eigenvalue weighted by molar-refractivity contribution is -0.140. The summed E-state index contributed by atoms with van der Waals surface area (Å²) in [4.78, 5) is 28.1. The van der Waals surface area contributed by atoms with Crippen molar-refractivity contribution in [2.45, 2.75) is 32.4 Å². The van der Waals surface area contributed by atoms with Gasteiger partial charge >= 0.3 is 0 Å². The molecule has 4 nitrogen and oxygen atoms in total. The van der Waals surface area contributed by atoms with Gasteiger partial charge in [0.2, 0.25) is 11.8 Å². The zero-order valence-corrected chi connectivity index (χ0v) is 18.6. The van der Waals surface area contributed by atoms with Gasteiger partial charge in [0.15, 0.2) is 0 Å². The molecule has 3 aromatic carbocycles. The number of hydrogen-bond acceptors (Lipinski definition) is 2. The number of benzene rings is 3. The molecule has 3 aromatic rings. The quantitative estimate of drug-likeness (QED) is 0.564. The summed E-state index contributed by atoms with van der Waals surface area (Å²) in [5.41, 5.74) is 3.83. The molecule has 1 unspecified atom stereocenters. The average molecular weight is 435 g/mol. The van der Waals surface area contributed by atoms with Crippen molar-refractivity contribution >= 4 is 23.4 Å². The summed E-state index contributed by atoms with van der Waals surface area (Å²) in [6.07, 6.45) is 0.564. The minimum atomic E-state index is -0.636. The predicted octanol–water partition coefficient (Wildman–Crippen LogP) is 4.58. The molecular formula is C26H27ClN2O2. The fraction of sp³-hybridized carbons (Fsp3) is 0.231. The molecule has 0 heterocycles. The molecule has 0 saturated carbocycles. The lowest BCUT2D eigenvalue weighted by Crippen LogP contribution is -2.50. The van der Waals surface area contributed by atoms with Gasteiger partial charge in [0.1, 0.15) is 6.04 Å². The zero-order valence-electron chi connectivity index (χ0n) is 17.8. The van der Waals surface area contributed by atoms with Crippen molar-refractivity contribution in [1.82, 2.24) is 10.2 Å². The second kappa shape index (κ2) is 10.8. The van der Waals surface area contributed by atoms with Crippen molar-refractivity contribution in [3.8, 4) is 0 Å². The highest BCUT2D eigenvalue weighted by Gasteiger charge is 2.30. The molecule has 5 heteroatoms. The summed E-state index contributed by atoms with van der Waals surface area (Å²) in [6.45, 7) is 2.36. The van der Waals surface area contributed by atoms with E-state index in [0.717, 1.165) is 22.3 Å². The van der Waals surface area contributed by atoms with Gasteiger partial charge in [-0.3, -0.25) is 9.59 Å². The molecule has 0 fully saturated rings. The summed E-state index contributed by atoms with van der Waals surface area (Å²) in [5, 5.41) is 3.28. The van der Waals surface area contributed by atoms with Crippen LogP contribution in [0.2, 0.25) is 5.02 Å². The summed E-state index contributed by atoms with van der Waals surface area (Å²) < 4.78 is 0. The lowest BCUT2D eigenvalue weighted by Gasteiger charge is -2.31. The number of likely N-dealkylation sites (N-methyl/N-ethyl adjacent to an activating group) is 1. The van der Waals surface area contributed by atoms with Gasteiger partial charge in [0, 0.05) is 25.0 Å². The van der Waals surface area contributed by atoms with Gasteiger partial charge < -0.3 is 10.2 Å². The molecule has 0 radical (unpaired) electrons. The summed E-state index contributed by atoms with van der Waals surface area (Å²) in [6, 6.07) is 24.4. The summed E-state index contributed by atoms with van der Waals surface area (Å²) in [5.74, 6) is -0.330. The van der Waals surface area contributed by atoms with E-state index in [1.807, 2.05) is 79.7 Å². The molecule has 3 rings (SSSR count). The Morgan fingerprint density at radius 2 is 1.61 bits per heavy atom. The van der Waals surface area contributed by atoms with Crippen LogP contribution in [-0.4, -0.2) is 29.8 Å². The van der Waals surface area contributed by atoms with Gasteiger partial charge in [0.25, 0.3) is 0 Å². The van der Waals surface area contributed by atoms with Crippen molar-refractivity contribution in [2.24, 2.45) is 0 Å². The molecule has 0 aliphatic heterocycles. The van der Waals surface area contributed by atoms with Gasteiger partial charge in [0.05, 0.1) is 6.42 Å². The number of carbonyl (C=O) groups is 2. The molecule has 0 bridgehead atoms. The van der Waals surface area contributed by atoms with Gasteiger partial charge in [-0.2, -0.15) is 0 Å². The molecule has 1 N–H and O–H groups in total. The van der Waals surface area contributed by atoms with Crippen LogP contribution in [0.25, 0.3) is 0 Å². The Hall–Kier alpha value is -3.11. The van der Waals surface area contributed by atoms with Gasteiger partial charge in [-0.1, -0.05) is 90.0 Å². The molecule has 2 amide bonds. The number of aryl methyl sites for hydroxylation is 1. The van der Waals surface area contributed by atoms with Crippen LogP contribution in [0.4, 0.5) is 0 Å². The Labute approximate surface area is 188 Å². The number of carbonyl (C=O) groups excluding carboxylic acids is 2. The second-order valence-corrected chi connectivity index (χ2v) is 8.01. The monoisotopic (exact) mass is 434 g/mol. The fourth-order valence-corrected chi connectivity index (χ4v) is 3.84. The minimum absolute atomic E-state index is 0.133. The van der Waals surface area contributed by atoms with Crippen LogP contribution >= 0.6 is 11.6 Å². The Bertz CT molecular complexity index is 1040. The van der Waals surface area contributed by atoms with Crippen molar-refractivity contribution in [3.63, 3.8) is 0 Å². The average Bonchev–Trinajstić information content (AvgIpc) is 2.78. The highest BCUT2D eigenvalue weighted by molar-refractivity contribution is 6.31. The molecule has 160 valence electrons. The van der Waals surface area contributed by atoms with E-state index >= 15 is 0 Å². The van der Waals surface area contributed by atoms with E-state index in [1.54, 1.807) is 18.0 Å². The van der Waals surface area contributed by atoms with E-state index in [-0.39, 0.29) is 18.2 Å². The third-order valence-corrected chi connectivity index (χ3v) is 5.62. The number of nitrogens with one attached hydrogen (secondary N) is 1. The van der Waals surface area contributed by atoms with Crippen LogP contribution in [0.5, 0.6) is 0 Å². The Morgan fingerprint density at radius 3 is 2.29 bits per heavy atom. The third kappa shape index (κ3) is 6.19. The molecule has 0 aliphatic rings. The first kappa shape index (κ1) is 22.6. The number of hydrogen-bond donors (Lipinski definition) is 1. The largest absolute Gasteiger partial charge is 0.357 e. The smallest absolute Gasteiger partial charge is 0.242 e. The fourth-order valence-electron chi connectivity index (χ4n) is 3.63. The first-order valence-electron chi connectivity index (χ1n) is 10.3. The maximum absolute atomic E-state index is 13.5. The van der Waals surface area contributed by atoms with E-state index in [1.165, 1.54) is 0 Å². The maximum atomic E-state index is 13.5. The molecule has 31 heavy (non-hydrogen) atoms. The van der Waals surface area contributed by atoms with E-state index in [0.29, 0.717) is 18.0 Å². The van der Waals surface area contributed by atoms with Gasteiger partial charge in [-0.05, 0) is 29.7 Å². The number of amides is 2. The highest BCUT2D eigenvalue weighted by Crippen LogP contribution is 2.20. The van der Waals surface area contributed by atoms with Crippen molar-refractivity contribution in [2.75, 3.05) is 7.05 Å². The lowest BCUT2D eigenvalue weighted by atomic mass is 10.0. The summed E-state index contributed by atoms with van der Waals surface area (Å²) >= 11 is 6.30. The number of halogens is 1. The molecular weight excluding hydrogens is 408 g/mol. The standard InChI is InChI=1S/C26H27ClN2O2/c1-19-9-8-12-21(15-19)18-29(25(30)17-22-13-6-7-14-23(22)27)24(26(31)28-2)16-20-10-4-3-5-11-20/h3-15,24H,16-18H2,1-2H3,(H,28,31). The van der Waals surface area contributed by atoms with Crippen molar-refractivity contribution < 1.29 is 9.59 Å². The van der Waals surface area contributed by atoms with E-state index < -0.39 is 6.04 Å². The van der Waals surface area contributed by atoms with Crippen LogP contribution in [0, 0.1) is 6.92 Å². The SMILES string of the molecule is CNC(=O)C(Cc1ccccc1)N(Cc1cccc(C)c1)C(=O)Cc1ccccc1Cl. The van der Waals surface area contributed by atoms with Gasteiger partial charge in [-0.25, -0.2) is 0 Å². The predicted molar refractivity (Wildman–Crippen MR) is 125 cm³/mol. The Morgan fingerprint density at radius 1 is 0.935 bits per heavy atom. The second-order valence-electron chi connectivity index (χ2n) is 7.60. The molecule has 0 aliphatic carbocycles. The van der Waals surface area contributed by atoms with E-state index in [2.05, 4.69) is 5.32 Å². The molecule has 0 spiro atoms. The zero-order chi connectivity index (χ0) is 22.2.